The molecule has 0 saturated carbocycles. The summed E-state index contributed by atoms with van der Waals surface area (Å²) in [7, 11) is 4.43. The van der Waals surface area contributed by atoms with Crippen LogP contribution in [0.15, 0.2) is 54.6 Å². The van der Waals surface area contributed by atoms with Crippen LogP contribution in [0.1, 0.15) is 109 Å². The zero-order valence-electron chi connectivity index (χ0n) is 26.3. The van der Waals surface area contributed by atoms with Gasteiger partial charge in [-0.05, 0) is 37.5 Å². The third-order valence-corrected chi connectivity index (χ3v) is 7.79. The van der Waals surface area contributed by atoms with E-state index in [0.717, 1.165) is 36.2 Å². The third-order valence-electron chi connectivity index (χ3n) is 7.79. The summed E-state index contributed by atoms with van der Waals surface area (Å²) in [5.74, 6) is 0.590. The van der Waals surface area contributed by atoms with E-state index in [4.69, 9.17) is 9.47 Å². The van der Waals surface area contributed by atoms with E-state index in [1.165, 1.54) is 81.8 Å². The number of nitrogens with zero attached hydrogens (tertiary/aromatic N) is 1. The molecule has 224 valence electrons. The molecule has 4 nitrogen and oxygen atoms in total. The number of aryl methyl sites for hydroxylation is 1. The minimum absolute atomic E-state index is 0.130. The van der Waals surface area contributed by atoms with Gasteiger partial charge in [0.1, 0.15) is 25.0 Å². The molecule has 0 bridgehead atoms. The molecule has 0 aliphatic heterocycles. The minimum Gasteiger partial charge on any atom is -0.487 e. The smallest absolute Gasteiger partial charge is 0.309 e. The normalized spacial score (nSPS) is 13.1. The first-order chi connectivity index (χ1) is 19.3. The van der Waals surface area contributed by atoms with Crippen LogP contribution in [0.3, 0.4) is 0 Å². The summed E-state index contributed by atoms with van der Waals surface area (Å²) in [6.07, 6.45) is 16.7. The van der Waals surface area contributed by atoms with E-state index in [0.29, 0.717) is 0 Å². The van der Waals surface area contributed by atoms with Crippen LogP contribution in [0.2, 0.25) is 0 Å². The maximum Gasteiger partial charge on any atom is 0.309 e. The molecule has 2 aromatic carbocycles. The van der Waals surface area contributed by atoms with Crippen molar-refractivity contribution in [2.24, 2.45) is 5.92 Å². The first kappa shape index (κ1) is 33.9. The molecule has 2 atom stereocenters. The van der Waals surface area contributed by atoms with Gasteiger partial charge in [-0.3, -0.25) is 4.79 Å². The lowest BCUT2D eigenvalue weighted by Crippen LogP contribution is -2.40. The zero-order chi connectivity index (χ0) is 29.1. The third kappa shape index (κ3) is 15.5. The van der Waals surface area contributed by atoms with E-state index in [-0.39, 0.29) is 24.6 Å². The van der Waals surface area contributed by atoms with Gasteiger partial charge in [-0.15, -0.1) is 0 Å². The number of hydrogen-bond acceptors (Lipinski definition) is 3. The minimum atomic E-state index is -0.182. The summed E-state index contributed by atoms with van der Waals surface area (Å²) < 4.78 is 12.6. The molecule has 2 aromatic rings. The zero-order valence-corrected chi connectivity index (χ0v) is 26.3. The predicted molar refractivity (Wildman–Crippen MR) is 169 cm³/mol. The number of quaternary nitrogens is 1. The summed E-state index contributed by atoms with van der Waals surface area (Å²) in [6.45, 7) is 8.35. The Morgan fingerprint density at radius 2 is 1.38 bits per heavy atom. The lowest BCUT2D eigenvalue weighted by molar-refractivity contribution is -0.904. The number of benzene rings is 2. The van der Waals surface area contributed by atoms with Gasteiger partial charge in [-0.25, -0.2) is 0 Å². The molecule has 2 rings (SSSR count). The Morgan fingerprint density at radius 3 is 2.02 bits per heavy atom. The number of rotatable bonds is 22. The molecular weight excluding hydrogens is 494 g/mol. The lowest BCUT2D eigenvalue weighted by atomic mass is 10.0. The van der Waals surface area contributed by atoms with E-state index < -0.39 is 0 Å². The number of unbranched alkanes of at least 4 members (excludes halogenated alkanes) is 10. The molecule has 0 radical (unpaired) electrons. The second-order valence-corrected chi connectivity index (χ2v) is 12.5. The van der Waals surface area contributed by atoms with Gasteiger partial charge in [-0.1, -0.05) is 121 Å². The summed E-state index contributed by atoms with van der Waals surface area (Å²) >= 11 is 0. The maximum absolute atomic E-state index is 12.6. The lowest BCUT2D eigenvalue weighted by Gasteiger charge is -2.30. The van der Waals surface area contributed by atoms with Gasteiger partial charge in [0, 0.05) is 12.0 Å². The fourth-order valence-corrected chi connectivity index (χ4v) is 5.19. The highest BCUT2D eigenvalue weighted by atomic mass is 16.6. The van der Waals surface area contributed by atoms with Crippen molar-refractivity contribution in [1.82, 2.24) is 0 Å². The van der Waals surface area contributed by atoms with Gasteiger partial charge >= 0.3 is 5.97 Å². The van der Waals surface area contributed by atoms with Crippen molar-refractivity contribution in [3.8, 4) is 5.75 Å². The van der Waals surface area contributed by atoms with Crippen LogP contribution in [-0.2, 0) is 22.5 Å². The van der Waals surface area contributed by atoms with Crippen molar-refractivity contribution in [2.75, 3.05) is 27.2 Å². The van der Waals surface area contributed by atoms with E-state index >= 15 is 0 Å². The molecule has 0 N–H and O–H groups in total. The molecule has 0 aliphatic carbocycles. The number of ether oxygens (including phenoxy) is 2. The van der Waals surface area contributed by atoms with Crippen molar-refractivity contribution in [3.63, 3.8) is 0 Å². The maximum atomic E-state index is 12.6. The highest BCUT2D eigenvalue weighted by Crippen LogP contribution is 2.19. The van der Waals surface area contributed by atoms with Gasteiger partial charge in [0.15, 0.2) is 0 Å². The fourth-order valence-electron chi connectivity index (χ4n) is 5.19. The van der Waals surface area contributed by atoms with E-state index in [1.54, 1.807) is 0 Å². The molecule has 0 saturated heterocycles. The Hall–Kier alpha value is -2.33. The Labute approximate surface area is 246 Å². The van der Waals surface area contributed by atoms with Gasteiger partial charge in [0.05, 0.1) is 26.6 Å². The molecule has 0 spiro atoms. The fraction of sp³-hybridized carbons (Fsp3) is 0.639. The Balaban J connectivity index is 1.59. The molecular formula is C36H58NO3+. The monoisotopic (exact) mass is 552 g/mol. The van der Waals surface area contributed by atoms with E-state index in [1.807, 2.05) is 26.0 Å². The second kappa shape index (κ2) is 19.7. The first-order valence-corrected chi connectivity index (χ1v) is 16.1. The highest BCUT2D eigenvalue weighted by molar-refractivity contribution is 5.71. The SMILES string of the molecule is CCCCCCCCCCCCCc1cccc(OC(C)COC(=O)C(C)CC[N+](C)(C)Cc2ccccc2)c1. The van der Waals surface area contributed by atoms with Crippen molar-refractivity contribution >= 4 is 5.97 Å². The number of carbonyl (C=O) groups excluding carboxylic acids is 1. The molecule has 0 fully saturated rings. The van der Waals surface area contributed by atoms with E-state index in [9.17, 15) is 4.79 Å². The van der Waals surface area contributed by atoms with Crippen LogP contribution in [0, 0.1) is 5.92 Å². The average Bonchev–Trinajstić information content (AvgIpc) is 2.94. The van der Waals surface area contributed by atoms with Gasteiger partial charge in [0.25, 0.3) is 0 Å². The van der Waals surface area contributed by atoms with Gasteiger partial charge in [-0.2, -0.15) is 0 Å². The van der Waals surface area contributed by atoms with Gasteiger partial charge in [0.2, 0.25) is 0 Å². The largest absolute Gasteiger partial charge is 0.487 e. The summed E-state index contributed by atoms with van der Waals surface area (Å²) in [5, 5.41) is 0. The molecule has 0 aliphatic rings. The molecule has 2 unspecified atom stereocenters. The average molecular weight is 553 g/mol. The molecule has 40 heavy (non-hydrogen) atoms. The quantitative estimate of drug-likeness (QED) is 0.0830. The molecule has 4 heteroatoms. The second-order valence-electron chi connectivity index (χ2n) is 12.5. The van der Waals surface area contributed by atoms with Crippen LogP contribution in [0.25, 0.3) is 0 Å². The van der Waals surface area contributed by atoms with Crippen LogP contribution < -0.4 is 4.74 Å². The topological polar surface area (TPSA) is 35.5 Å². The highest BCUT2D eigenvalue weighted by Gasteiger charge is 2.22. The first-order valence-electron chi connectivity index (χ1n) is 16.1. The number of esters is 1. The van der Waals surface area contributed by atoms with Crippen molar-refractivity contribution < 1.29 is 18.8 Å². The van der Waals surface area contributed by atoms with Crippen molar-refractivity contribution in [3.05, 3.63) is 65.7 Å². The standard InChI is InChI=1S/C36H58NO3/c1-6-7-8-9-10-11-12-13-14-15-17-21-33-24-20-25-35(28-33)40-32(3)30-39-36(38)31(2)26-27-37(4,5)29-34-22-18-16-19-23-34/h16,18-20,22-25,28,31-32H,6-15,17,21,26-27,29-30H2,1-5H3/q+1. The van der Waals surface area contributed by atoms with E-state index in [2.05, 4.69) is 63.5 Å². The summed E-state index contributed by atoms with van der Waals surface area (Å²) in [6, 6.07) is 18.9. The molecule has 0 amide bonds. The Kier molecular flexibility index (Phi) is 16.7. The predicted octanol–water partition coefficient (Wildman–Crippen LogP) is 9.15. The van der Waals surface area contributed by atoms with Gasteiger partial charge < -0.3 is 14.0 Å². The van der Waals surface area contributed by atoms with Crippen LogP contribution >= 0.6 is 0 Å². The number of carbonyl (C=O) groups is 1. The molecule has 0 heterocycles. The molecule has 0 aromatic heterocycles. The summed E-state index contributed by atoms with van der Waals surface area (Å²) in [5.41, 5.74) is 2.64. The number of hydrogen-bond donors (Lipinski definition) is 0. The summed E-state index contributed by atoms with van der Waals surface area (Å²) in [4.78, 5) is 12.6. The Morgan fingerprint density at radius 1 is 0.775 bits per heavy atom. The van der Waals surface area contributed by atoms with Crippen LogP contribution in [0.4, 0.5) is 0 Å². The Bertz CT molecular complexity index is 927. The van der Waals surface area contributed by atoms with Crippen molar-refractivity contribution in [2.45, 2.75) is 117 Å². The van der Waals surface area contributed by atoms with Crippen LogP contribution in [-0.4, -0.2) is 43.8 Å². The van der Waals surface area contributed by atoms with Crippen LogP contribution in [0.5, 0.6) is 5.75 Å². The van der Waals surface area contributed by atoms with Crippen molar-refractivity contribution in [1.29, 1.82) is 0 Å².